The van der Waals surface area contributed by atoms with Crippen LogP contribution >= 0.6 is 11.3 Å². The number of carbonyl (C=O) groups is 1. The van der Waals surface area contributed by atoms with Crippen molar-refractivity contribution in [1.29, 1.82) is 0 Å². The van der Waals surface area contributed by atoms with Crippen molar-refractivity contribution in [2.24, 2.45) is 0 Å². The van der Waals surface area contributed by atoms with Crippen molar-refractivity contribution < 1.29 is 9.53 Å². The van der Waals surface area contributed by atoms with Crippen LogP contribution in [0.5, 0.6) is 0 Å². The molecule has 21 heavy (non-hydrogen) atoms. The summed E-state index contributed by atoms with van der Waals surface area (Å²) in [5.41, 5.74) is 1.68. The summed E-state index contributed by atoms with van der Waals surface area (Å²) in [6.45, 7) is 3.52. The lowest BCUT2D eigenvalue weighted by Gasteiger charge is -2.23. The molecule has 3 heterocycles. The van der Waals surface area contributed by atoms with Crippen LogP contribution in [-0.2, 0) is 16.1 Å². The summed E-state index contributed by atoms with van der Waals surface area (Å²) < 4.78 is 7.90. The molecule has 0 bridgehead atoms. The molecule has 3 rings (SSSR count). The minimum absolute atomic E-state index is 0.0128. The SMILES string of the molecule is Cc1cc(=O)c2sccc2n1CC(=O)NC1CCOCC1. The lowest BCUT2D eigenvalue weighted by atomic mass is 10.1. The topological polar surface area (TPSA) is 60.3 Å². The van der Waals surface area contributed by atoms with Crippen molar-refractivity contribution in [3.05, 3.63) is 33.4 Å². The number of carbonyl (C=O) groups excluding carboxylic acids is 1. The van der Waals surface area contributed by atoms with Crippen molar-refractivity contribution in [1.82, 2.24) is 9.88 Å². The Hall–Kier alpha value is -1.66. The molecule has 6 heteroatoms. The number of ether oxygens (including phenoxy) is 1. The van der Waals surface area contributed by atoms with Gasteiger partial charge in [-0.2, -0.15) is 0 Å². The Morgan fingerprint density at radius 2 is 2.24 bits per heavy atom. The van der Waals surface area contributed by atoms with Crippen LogP contribution in [0, 0.1) is 6.92 Å². The average molecular weight is 306 g/mol. The lowest BCUT2D eigenvalue weighted by molar-refractivity contribution is -0.122. The van der Waals surface area contributed by atoms with E-state index in [0.717, 1.165) is 24.1 Å². The van der Waals surface area contributed by atoms with Crippen LogP contribution in [0.4, 0.5) is 0 Å². The van der Waals surface area contributed by atoms with Crippen molar-refractivity contribution in [3.63, 3.8) is 0 Å². The number of fused-ring (bicyclic) bond motifs is 1. The summed E-state index contributed by atoms with van der Waals surface area (Å²) in [5, 5.41) is 4.94. The van der Waals surface area contributed by atoms with Gasteiger partial charge in [0.15, 0.2) is 5.43 Å². The normalized spacial score (nSPS) is 16.2. The zero-order valence-electron chi connectivity index (χ0n) is 11.9. The molecule has 2 aromatic heterocycles. The second-order valence-corrected chi connectivity index (χ2v) is 6.24. The monoisotopic (exact) mass is 306 g/mol. The van der Waals surface area contributed by atoms with E-state index in [9.17, 15) is 9.59 Å². The Kier molecular flexibility index (Phi) is 4.07. The van der Waals surface area contributed by atoms with E-state index in [1.807, 2.05) is 22.9 Å². The average Bonchev–Trinajstić information content (AvgIpc) is 2.94. The summed E-state index contributed by atoms with van der Waals surface area (Å²) >= 11 is 1.42. The zero-order valence-corrected chi connectivity index (χ0v) is 12.7. The molecule has 0 aromatic carbocycles. The summed E-state index contributed by atoms with van der Waals surface area (Å²) in [5.74, 6) is -0.0128. The van der Waals surface area contributed by atoms with Gasteiger partial charge in [0.05, 0.1) is 10.2 Å². The van der Waals surface area contributed by atoms with E-state index < -0.39 is 0 Å². The molecule has 0 aliphatic carbocycles. The van der Waals surface area contributed by atoms with Gasteiger partial charge in [-0.3, -0.25) is 9.59 Å². The third-order valence-corrected chi connectivity index (χ3v) is 4.73. The summed E-state index contributed by atoms with van der Waals surface area (Å²) in [4.78, 5) is 24.1. The molecule has 1 N–H and O–H groups in total. The molecule has 0 unspecified atom stereocenters. The first-order valence-corrected chi connectivity index (χ1v) is 7.98. The third kappa shape index (κ3) is 3.01. The molecule has 1 saturated heterocycles. The van der Waals surface area contributed by atoms with Gasteiger partial charge in [0, 0.05) is 31.0 Å². The second-order valence-electron chi connectivity index (χ2n) is 5.33. The van der Waals surface area contributed by atoms with E-state index in [4.69, 9.17) is 4.74 Å². The van der Waals surface area contributed by atoms with Crippen LogP contribution in [0.1, 0.15) is 18.5 Å². The number of amides is 1. The van der Waals surface area contributed by atoms with E-state index in [2.05, 4.69) is 5.32 Å². The zero-order chi connectivity index (χ0) is 14.8. The Morgan fingerprint density at radius 3 is 3.00 bits per heavy atom. The lowest BCUT2D eigenvalue weighted by Crippen LogP contribution is -2.40. The molecule has 1 aliphatic rings. The fourth-order valence-corrected chi connectivity index (χ4v) is 3.50. The molecule has 5 nitrogen and oxygen atoms in total. The Bertz CT molecular complexity index is 713. The van der Waals surface area contributed by atoms with E-state index in [0.29, 0.717) is 17.9 Å². The number of hydrogen-bond acceptors (Lipinski definition) is 4. The quantitative estimate of drug-likeness (QED) is 0.938. The van der Waals surface area contributed by atoms with Gasteiger partial charge in [-0.15, -0.1) is 11.3 Å². The highest BCUT2D eigenvalue weighted by molar-refractivity contribution is 7.17. The Labute approximate surface area is 126 Å². The standard InChI is InChI=1S/C15H18N2O3S/c1-10-8-13(18)15-12(4-7-21-15)17(10)9-14(19)16-11-2-5-20-6-3-11/h4,7-8,11H,2-3,5-6,9H2,1H3,(H,16,19). The minimum Gasteiger partial charge on any atom is -0.381 e. The number of rotatable bonds is 3. The highest BCUT2D eigenvalue weighted by Gasteiger charge is 2.17. The van der Waals surface area contributed by atoms with Crippen LogP contribution in [-0.4, -0.2) is 29.7 Å². The largest absolute Gasteiger partial charge is 0.381 e. The Balaban J connectivity index is 1.79. The fraction of sp³-hybridized carbons (Fsp3) is 0.467. The molecule has 0 atom stereocenters. The maximum absolute atomic E-state index is 12.2. The number of thiophene rings is 1. The first kappa shape index (κ1) is 14.3. The van der Waals surface area contributed by atoms with Gasteiger partial charge in [0.2, 0.25) is 5.91 Å². The number of aromatic nitrogens is 1. The number of hydrogen-bond donors (Lipinski definition) is 1. The molecule has 112 valence electrons. The summed E-state index contributed by atoms with van der Waals surface area (Å²) in [6, 6.07) is 3.69. The highest BCUT2D eigenvalue weighted by Crippen LogP contribution is 2.18. The molecule has 1 amide bonds. The van der Waals surface area contributed by atoms with Crippen LogP contribution in [0.2, 0.25) is 0 Å². The van der Waals surface area contributed by atoms with Crippen molar-refractivity contribution in [2.45, 2.75) is 32.4 Å². The van der Waals surface area contributed by atoms with Crippen molar-refractivity contribution in [3.8, 4) is 0 Å². The molecular formula is C15H18N2O3S. The van der Waals surface area contributed by atoms with Gasteiger partial charge in [0.1, 0.15) is 6.54 Å². The van der Waals surface area contributed by atoms with Crippen LogP contribution in [0.3, 0.4) is 0 Å². The number of aryl methyl sites for hydroxylation is 1. The third-order valence-electron chi connectivity index (χ3n) is 3.81. The number of pyridine rings is 1. The predicted molar refractivity (Wildman–Crippen MR) is 82.8 cm³/mol. The maximum atomic E-state index is 12.2. The van der Waals surface area contributed by atoms with Gasteiger partial charge >= 0.3 is 0 Å². The highest BCUT2D eigenvalue weighted by atomic mass is 32.1. The number of nitrogens with zero attached hydrogens (tertiary/aromatic N) is 1. The second kappa shape index (κ2) is 5.99. The van der Waals surface area contributed by atoms with E-state index in [1.165, 1.54) is 11.3 Å². The molecule has 0 saturated carbocycles. The smallest absolute Gasteiger partial charge is 0.240 e. The van der Waals surface area contributed by atoms with Gasteiger partial charge in [-0.25, -0.2) is 0 Å². The predicted octanol–water partition coefficient (Wildman–Crippen LogP) is 1.67. The maximum Gasteiger partial charge on any atom is 0.240 e. The van der Waals surface area contributed by atoms with Crippen molar-refractivity contribution >= 4 is 27.5 Å². The van der Waals surface area contributed by atoms with Crippen LogP contribution < -0.4 is 10.7 Å². The van der Waals surface area contributed by atoms with E-state index in [1.54, 1.807) is 6.07 Å². The van der Waals surface area contributed by atoms with E-state index in [-0.39, 0.29) is 23.9 Å². The van der Waals surface area contributed by atoms with Gasteiger partial charge in [0.25, 0.3) is 0 Å². The molecule has 2 aromatic rings. The van der Waals surface area contributed by atoms with Crippen LogP contribution in [0.25, 0.3) is 10.2 Å². The molecule has 0 radical (unpaired) electrons. The van der Waals surface area contributed by atoms with Gasteiger partial charge < -0.3 is 14.6 Å². The van der Waals surface area contributed by atoms with Crippen LogP contribution in [0.15, 0.2) is 22.3 Å². The molecular weight excluding hydrogens is 288 g/mol. The van der Waals surface area contributed by atoms with E-state index >= 15 is 0 Å². The Morgan fingerprint density at radius 1 is 1.48 bits per heavy atom. The van der Waals surface area contributed by atoms with Gasteiger partial charge in [-0.1, -0.05) is 0 Å². The first-order valence-electron chi connectivity index (χ1n) is 7.10. The molecule has 1 fully saturated rings. The molecule has 1 aliphatic heterocycles. The van der Waals surface area contributed by atoms with Gasteiger partial charge in [-0.05, 0) is 31.2 Å². The summed E-state index contributed by atoms with van der Waals surface area (Å²) in [6.07, 6.45) is 1.73. The summed E-state index contributed by atoms with van der Waals surface area (Å²) in [7, 11) is 0. The minimum atomic E-state index is -0.0128. The fourth-order valence-electron chi connectivity index (χ4n) is 2.69. The van der Waals surface area contributed by atoms with Crippen molar-refractivity contribution in [2.75, 3.05) is 13.2 Å². The first-order chi connectivity index (χ1) is 10.1. The number of nitrogens with one attached hydrogen (secondary N) is 1. The molecule has 0 spiro atoms.